The molecule has 0 N–H and O–H groups in total. The molecule has 0 saturated carbocycles. The fraction of sp³-hybridized carbons (Fsp3) is 0.207. The minimum atomic E-state index is -0.541. The Morgan fingerprint density at radius 1 is 0.443 bits per heavy atom. The number of carbonyl (C=O) groups is 4. The van der Waals surface area contributed by atoms with E-state index in [-0.39, 0.29) is 0 Å². The van der Waals surface area contributed by atoms with E-state index in [4.69, 9.17) is 33.5 Å². The zero-order valence-corrected chi connectivity index (χ0v) is 38.9. The Morgan fingerprint density at radius 3 is 1.36 bits per heavy atom. The Bertz CT molecular complexity index is 2780. The van der Waals surface area contributed by atoms with Crippen LogP contribution in [0, 0.1) is 0 Å². The van der Waals surface area contributed by atoms with Gasteiger partial charge in [-0.2, -0.15) is 5.10 Å². The Balaban J connectivity index is 0.988. The molecule has 0 aliphatic heterocycles. The lowest BCUT2D eigenvalue weighted by molar-refractivity contribution is -0.138. The van der Waals surface area contributed by atoms with Crippen LogP contribution in [-0.2, 0) is 19.1 Å². The lowest BCUT2D eigenvalue weighted by Crippen LogP contribution is -2.09. The molecular formula is C58H54N2O10. The second-order valence-electron chi connectivity index (χ2n) is 16.2. The summed E-state index contributed by atoms with van der Waals surface area (Å²) in [5, 5.41) is 9.31. The van der Waals surface area contributed by atoms with Gasteiger partial charge in [-0.05, 0) is 146 Å². The summed E-state index contributed by atoms with van der Waals surface area (Å²) in [5.41, 5.74) is 7.84. The van der Waals surface area contributed by atoms with Crippen LogP contribution >= 0.6 is 0 Å². The molecule has 0 amide bonds. The summed E-state index contributed by atoms with van der Waals surface area (Å²) < 4.78 is 33.3. The van der Waals surface area contributed by atoms with Gasteiger partial charge in [0.15, 0.2) is 0 Å². The summed E-state index contributed by atoms with van der Waals surface area (Å²) >= 11 is 0. The first-order valence-corrected chi connectivity index (χ1v) is 23.3. The number of hydrogen-bond donors (Lipinski definition) is 0. The summed E-state index contributed by atoms with van der Waals surface area (Å²) in [5.74, 6) is 0.0699. The van der Waals surface area contributed by atoms with Crippen LogP contribution in [0.5, 0.6) is 23.0 Å². The third kappa shape index (κ3) is 14.1. The molecule has 356 valence electrons. The van der Waals surface area contributed by atoms with Crippen molar-refractivity contribution in [3.05, 3.63) is 193 Å². The van der Waals surface area contributed by atoms with Gasteiger partial charge < -0.3 is 28.4 Å². The smallest absolute Gasteiger partial charge is 0.343 e. The molecule has 12 heteroatoms. The predicted octanol–water partition coefficient (Wildman–Crippen LogP) is 12.0. The van der Waals surface area contributed by atoms with Crippen molar-refractivity contribution in [1.29, 1.82) is 0 Å². The van der Waals surface area contributed by atoms with Crippen LogP contribution in [-0.4, -0.2) is 62.2 Å². The van der Waals surface area contributed by atoms with E-state index in [0.717, 1.165) is 103 Å². The van der Waals surface area contributed by atoms with Crippen LogP contribution in [0.2, 0.25) is 0 Å². The molecule has 1 aliphatic rings. The molecule has 0 bridgehead atoms. The molecule has 1 aliphatic carbocycles. The second kappa shape index (κ2) is 25.7. The van der Waals surface area contributed by atoms with E-state index in [1.54, 1.807) is 79.0 Å². The normalized spacial score (nSPS) is 11.2. The van der Waals surface area contributed by atoms with E-state index in [2.05, 4.69) is 30.4 Å². The number of hydrogen-bond acceptors (Lipinski definition) is 12. The molecule has 0 radical (unpaired) electrons. The van der Waals surface area contributed by atoms with Crippen LogP contribution in [0.1, 0.15) is 88.8 Å². The summed E-state index contributed by atoms with van der Waals surface area (Å²) in [4.78, 5) is 48.8. The van der Waals surface area contributed by atoms with Gasteiger partial charge in [0.05, 0.1) is 43.8 Å². The molecule has 0 heterocycles. The summed E-state index contributed by atoms with van der Waals surface area (Å²) in [6.45, 7) is 8.57. The van der Waals surface area contributed by atoms with Crippen LogP contribution in [0.4, 0.5) is 0 Å². The van der Waals surface area contributed by atoms with Crippen molar-refractivity contribution in [1.82, 2.24) is 0 Å². The lowest BCUT2D eigenvalue weighted by atomic mass is 10.00. The number of carbonyl (C=O) groups excluding carboxylic acids is 4. The zero-order valence-electron chi connectivity index (χ0n) is 38.9. The van der Waals surface area contributed by atoms with Crippen LogP contribution in [0.3, 0.4) is 0 Å². The standard InChI is InChI=1S/C58H54N2O10/c1-3-54(61)67-37-15-7-5-13-35-65-45-27-23-42(24-28-45)57(63)69-47-31-21-41(22-32-47)49-34-33-48(39-44(49)40-59-60-56-52-19-11-9-17-50(52)51-18-10-12-20-53(51)56)70-58(64)43-25-29-46(30-26-43)66-36-14-6-8-16-38-68-55(62)4-2/h3-4,9-12,17-34,39-40H,1-2,5-8,13-16,35-38H2/b59-40+. The van der Waals surface area contributed by atoms with Crippen molar-refractivity contribution in [3.63, 3.8) is 0 Å². The SMILES string of the molecule is C=CC(=O)OCCCCCCOc1ccc(C(=O)Oc2ccc(-c3ccc(OC(=O)c4ccc(OCCCCCCOC(=O)C=C)cc4)cc3/C=N/N=C3c4ccccc4-c4ccccc43)cc2)cc1. The van der Waals surface area contributed by atoms with Crippen molar-refractivity contribution in [3.8, 4) is 45.3 Å². The first kappa shape index (κ1) is 49.5. The molecular weight excluding hydrogens is 885 g/mol. The first-order chi connectivity index (χ1) is 34.3. The highest BCUT2D eigenvalue weighted by atomic mass is 16.5. The van der Waals surface area contributed by atoms with Gasteiger partial charge in [0, 0.05) is 28.8 Å². The number of ether oxygens (including phenoxy) is 6. The Morgan fingerprint density at radius 2 is 0.871 bits per heavy atom. The molecule has 0 spiro atoms. The fourth-order valence-electron chi connectivity index (χ4n) is 7.59. The highest BCUT2D eigenvalue weighted by Gasteiger charge is 2.24. The largest absolute Gasteiger partial charge is 0.494 e. The third-order valence-electron chi connectivity index (χ3n) is 11.2. The summed E-state index contributed by atoms with van der Waals surface area (Å²) in [6.07, 6.45) is 10.9. The third-order valence-corrected chi connectivity index (χ3v) is 11.2. The van der Waals surface area contributed by atoms with E-state index >= 15 is 0 Å². The maximum atomic E-state index is 13.4. The highest BCUT2D eigenvalue weighted by molar-refractivity contribution is 6.24. The number of unbranched alkanes of at least 4 members (excludes halogenated alkanes) is 6. The number of esters is 4. The molecule has 0 aromatic heterocycles. The lowest BCUT2D eigenvalue weighted by Gasteiger charge is -2.11. The summed E-state index contributed by atoms with van der Waals surface area (Å²) in [6, 6.07) is 42.2. The van der Waals surface area contributed by atoms with Crippen molar-refractivity contribution >= 4 is 35.8 Å². The minimum Gasteiger partial charge on any atom is -0.494 e. The molecule has 0 fully saturated rings. The molecule has 0 atom stereocenters. The van der Waals surface area contributed by atoms with E-state index in [1.165, 1.54) is 0 Å². The zero-order chi connectivity index (χ0) is 48.9. The topological polar surface area (TPSA) is 148 Å². The van der Waals surface area contributed by atoms with E-state index in [0.29, 0.717) is 66.1 Å². The molecule has 0 unspecified atom stereocenters. The van der Waals surface area contributed by atoms with Crippen molar-refractivity contribution in [2.45, 2.75) is 51.4 Å². The van der Waals surface area contributed by atoms with Gasteiger partial charge in [-0.25, -0.2) is 19.2 Å². The molecule has 70 heavy (non-hydrogen) atoms. The van der Waals surface area contributed by atoms with E-state index in [1.807, 2.05) is 54.6 Å². The molecule has 0 saturated heterocycles. The van der Waals surface area contributed by atoms with Gasteiger partial charge in [-0.3, -0.25) is 0 Å². The number of rotatable bonds is 25. The van der Waals surface area contributed by atoms with Crippen LogP contribution in [0.15, 0.2) is 175 Å². The maximum absolute atomic E-state index is 13.4. The summed E-state index contributed by atoms with van der Waals surface area (Å²) in [7, 11) is 0. The minimum absolute atomic E-state index is 0.307. The van der Waals surface area contributed by atoms with Crippen LogP contribution < -0.4 is 18.9 Å². The van der Waals surface area contributed by atoms with Gasteiger partial charge in [-0.1, -0.05) is 79.9 Å². The maximum Gasteiger partial charge on any atom is 0.343 e. The predicted molar refractivity (Wildman–Crippen MR) is 270 cm³/mol. The molecule has 7 rings (SSSR count). The number of fused-ring (bicyclic) bond motifs is 3. The fourth-order valence-corrected chi connectivity index (χ4v) is 7.59. The quantitative estimate of drug-likeness (QED) is 0.0135. The first-order valence-electron chi connectivity index (χ1n) is 23.3. The molecule has 6 aromatic carbocycles. The van der Waals surface area contributed by atoms with E-state index < -0.39 is 23.9 Å². The molecule has 12 nitrogen and oxygen atoms in total. The Hall–Kier alpha value is -8.38. The van der Waals surface area contributed by atoms with Crippen molar-refractivity contribution in [2.75, 3.05) is 26.4 Å². The van der Waals surface area contributed by atoms with Gasteiger partial charge in [-0.15, -0.1) is 5.10 Å². The van der Waals surface area contributed by atoms with Gasteiger partial charge in [0.2, 0.25) is 0 Å². The van der Waals surface area contributed by atoms with Crippen LogP contribution in [0.25, 0.3) is 22.3 Å². The number of nitrogens with zero attached hydrogens (tertiary/aromatic N) is 2. The van der Waals surface area contributed by atoms with Gasteiger partial charge >= 0.3 is 23.9 Å². The van der Waals surface area contributed by atoms with Gasteiger partial charge in [0.1, 0.15) is 28.7 Å². The Labute approximate surface area is 407 Å². The monoisotopic (exact) mass is 938 g/mol. The van der Waals surface area contributed by atoms with Crippen molar-refractivity contribution < 1.29 is 47.6 Å². The highest BCUT2D eigenvalue weighted by Crippen LogP contribution is 2.37. The van der Waals surface area contributed by atoms with Crippen molar-refractivity contribution in [2.24, 2.45) is 10.2 Å². The average Bonchev–Trinajstić information content (AvgIpc) is 3.71. The average molecular weight is 939 g/mol. The second-order valence-corrected chi connectivity index (χ2v) is 16.2. The number of benzene rings is 6. The van der Waals surface area contributed by atoms with Gasteiger partial charge in [0.25, 0.3) is 0 Å². The van der Waals surface area contributed by atoms with E-state index in [9.17, 15) is 19.2 Å². The molecule has 6 aromatic rings. The Kier molecular flexibility index (Phi) is 18.2.